The van der Waals surface area contributed by atoms with E-state index in [4.69, 9.17) is 0 Å². The average molecular weight is 1770 g/mol. The van der Waals surface area contributed by atoms with Crippen molar-refractivity contribution < 1.29 is 0 Å². The molecular weight excluding hydrogens is 1680 g/mol. The molecule has 6 nitrogen and oxygen atoms in total. The van der Waals surface area contributed by atoms with Gasteiger partial charge in [0.2, 0.25) is 0 Å². The number of hydrogen-bond donors (Lipinski definition) is 0. The van der Waals surface area contributed by atoms with Crippen molar-refractivity contribution in [3.63, 3.8) is 0 Å². The molecule has 0 amide bonds. The van der Waals surface area contributed by atoms with E-state index in [1.165, 1.54) is 163 Å². The summed E-state index contributed by atoms with van der Waals surface area (Å²) in [6, 6.07) is 196. The lowest BCUT2D eigenvalue weighted by Crippen LogP contribution is -2.09. The molecule has 0 aliphatic rings. The third-order valence-corrected chi connectivity index (χ3v) is 27.7. The first-order valence-corrected chi connectivity index (χ1v) is 47.6. The molecule has 0 atom stereocenters. The van der Waals surface area contributed by atoms with Crippen molar-refractivity contribution in [1.29, 1.82) is 0 Å². The number of rotatable bonds is 17. The van der Waals surface area contributed by atoms with Crippen LogP contribution < -0.4 is 14.7 Å². The molecule has 0 aliphatic heterocycles. The minimum absolute atomic E-state index is 1.09. The number of benzene rings is 22. The van der Waals surface area contributed by atoms with Crippen LogP contribution in [0, 0.1) is 0 Å². The predicted octanol–water partition coefficient (Wildman–Crippen LogP) is 36.6. The Bertz CT molecular complexity index is 8750. The Hall–Kier alpha value is -17.9. The van der Waals surface area contributed by atoms with Gasteiger partial charge >= 0.3 is 0 Å². The van der Waals surface area contributed by atoms with Crippen molar-refractivity contribution in [2.24, 2.45) is 0 Å². The van der Waals surface area contributed by atoms with Crippen LogP contribution >= 0.6 is 11.3 Å². The molecule has 0 saturated carbocycles. The monoisotopic (exact) mass is 1770 g/mol. The number of thiophene rings is 1. The molecule has 0 N–H and O–H groups in total. The number of hydrogen-bond acceptors (Lipinski definition) is 4. The van der Waals surface area contributed by atoms with Crippen LogP contribution in [-0.4, -0.2) is 13.7 Å². The van der Waals surface area contributed by atoms with Crippen LogP contribution in [0.3, 0.4) is 0 Å². The molecule has 0 spiro atoms. The molecule has 0 aliphatic carbocycles. The van der Waals surface area contributed by atoms with E-state index in [-0.39, 0.29) is 0 Å². The standard InChI is InChI=1S/C60H41N3.C40H28N2.C30H21NS/c1-4-14-42(15-5-1)43-24-32-50(33-25-43)61(51-34-26-44(27-35-51)46-31-39-59-56(40-46)54-21-11-13-23-58(54)62(59)48-16-6-2-7-17-48)52-36-28-45(29-37-52)47-30-38-55-53-20-10-12-22-57(53)63(60(55)41-47)49-18-8-3-9-19-49;1-3-13-33(14-4-1)41(34-15-5-2-6-16-34)35-23-19-30(20-24-35)32-22-26-40-38(28-32)37-17-9-10-18-39(37)42(40)36-25-21-29-11-7-8-12-31(29)27-36;1-3-9-24(10-4-1)31(25-11-5-2-6-12-25)26-18-15-22(16-19-26)23-17-20-30-28(21-23)27-13-7-8-14-29(27)32-30/h1-41H;1-28H;1-21H. The summed E-state index contributed by atoms with van der Waals surface area (Å²) in [7, 11) is 0. The van der Waals surface area contributed by atoms with Crippen molar-refractivity contribution in [1.82, 2.24) is 13.7 Å². The van der Waals surface area contributed by atoms with E-state index in [0.29, 0.717) is 0 Å². The van der Waals surface area contributed by atoms with Gasteiger partial charge in [0.1, 0.15) is 0 Å². The number of nitrogens with zero attached hydrogens (tertiary/aromatic N) is 6. The lowest BCUT2D eigenvalue weighted by Gasteiger charge is -2.26. The molecule has 0 fully saturated rings. The molecule has 4 heterocycles. The smallest absolute Gasteiger partial charge is 0.0547 e. The maximum Gasteiger partial charge on any atom is 0.0547 e. The molecule has 22 aromatic carbocycles. The SMILES string of the molecule is c1ccc(-c2ccc(N(c3ccc(-c4ccc5c(c4)c4ccccc4n5-c4ccccc4)cc3)c3ccc(-c4ccc5c6ccccc6n(-c6ccccc6)c5c4)cc3)cc2)cc1.c1ccc(N(c2ccccc2)c2ccc(-c3ccc4c(c3)c3ccccc3n4-c3ccc4ccccc4c3)cc2)cc1.c1ccc(N(c2ccccc2)c2ccc(-c3ccc4sc5ccccc5c4c3)cc2)cc1. The molecule has 4 aromatic heterocycles. The fraction of sp³-hybridized carbons (Fsp3) is 0. The van der Waals surface area contributed by atoms with Gasteiger partial charge in [-0.15, -0.1) is 11.3 Å². The quantitative estimate of drug-likeness (QED) is 0.0908. The average Bonchev–Trinajstić information content (AvgIpc) is 1.60. The highest BCUT2D eigenvalue weighted by atomic mass is 32.1. The minimum atomic E-state index is 1.09. The zero-order valence-corrected chi connectivity index (χ0v) is 75.9. The Balaban J connectivity index is 0.000000120. The highest BCUT2D eigenvalue weighted by Gasteiger charge is 2.22. The first-order chi connectivity index (χ1) is 67.9. The molecule has 0 radical (unpaired) electrons. The molecule has 0 saturated heterocycles. The van der Waals surface area contributed by atoms with E-state index >= 15 is 0 Å². The van der Waals surface area contributed by atoms with Crippen LogP contribution in [0.25, 0.3) is 169 Å². The van der Waals surface area contributed by atoms with E-state index in [9.17, 15) is 0 Å². The van der Waals surface area contributed by atoms with Gasteiger partial charge in [-0.3, -0.25) is 0 Å². The summed E-state index contributed by atoms with van der Waals surface area (Å²) in [5.74, 6) is 0. The van der Waals surface area contributed by atoms with Crippen LogP contribution in [0.4, 0.5) is 51.2 Å². The molecule has 0 bridgehead atoms. The highest BCUT2D eigenvalue weighted by Crippen LogP contribution is 2.46. The predicted molar refractivity (Wildman–Crippen MR) is 584 cm³/mol. The second-order valence-corrected chi connectivity index (χ2v) is 35.8. The highest BCUT2D eigenvalue weighted by molar-refractivity contribution is 7.25. The van der Waals surface area contributed by atoms with Gasteiger partial charge in [-0.2, -0.15) is 0 Å². The van der Waals surface area contributed by atoms with Gasteiger partial charge in [-0.1, -0.05) is 334 Å². The van der Waals surface area contributed by atoms with Crippen LogP contribution in [0.1, 0.15) is 0 Å². The van der Waals surface area contributed by atoms with Crippen molar-refractivity contribution in [3.05, 3.63) is 546 Å². The summed E-state index contributed by atoms with van der Waals surface area (Å²) in [6.07, 6.45) is 0. The van der Waals surface area contributed by atoms with Crippen molar-refractivity contribution in [3.8, 4) is 72.7 Å². The first-order valence-electron chi connectivity index (χ1n) is 46.7. The molecular formula is C130H90N6S. The Labute approximate surface area is 800 Å². The van der Waals surface area contributed by atoms with E-state index in [1.54, 1.807) is 0 Å². The van der Waals surface area contributed by atoms with Gasteiger partial charge in [0, 0.05) is 121 Å². The zero-order valence-electron chi connectivity index (χ0n) is 75.1. The largest absolute Gasteiger partial charge is 0.311 e. The number of para-hydroxylation sites is 9. The fourth-order valence-corrected chi connectivity index (χ4v) is 21.0. The number of anilines is 9. The van der Waals surface area contributed by atoms with E-state index in [2.05, 4.69) is 574 Å². The van der Waals surface area contributed by atoms with Crippen LogP contribution in [-0.2, 0) is 0 Å². The minimum Gasteiger partial charge on any atom is -0.311 e. The van der Waals surface area contributed by atoms with Gasteiger partial charge in [0.25, 0.3) is 0 Å². The summed E-state index contributed by atoms with van der Waals surface area (Å²) < 4.78 is 9.82. The lowest BCUT2D eigenvalue weighted by molar-refractivity contribution is 1.18. The van der Waals surface area contributed by atoms with Gasteiger partial charge in [0.15, 0.2) is 0 Å². The van der Waals surface area contributed by atoms with Gasteiger partial charge < -0.3 is 28.4 Å². The summed E-state index contributed by atoms with van der Waals surface area (Å²) in [5, 5.41) is 12.7. The molecule has 26 rings (SSSR count). The zero-order chi connectivity index (χ0) is 90.9. The summed E-state index contributed by atoms with van der Waals surface area (Å²) in [5.41, 5.74) is 32.9. The normalized spacial score (nSPS) is 11.4. The molecule has 7 heteroatoms. The second kappa shape index (κ2) is 36.4. The van der Waals surface area contributed by atoms with Crippen LogP contribution in [0.15, 0.2) is 546 Å². The maximum absolute atomic E-state index is 2.39. The third-order valence-electron chi connectivity index (χ3n) is 26.5. The van der Waals surface area contributed by atoms with E-state index in [0.717, 1.165) is 56.9 Å². The van der Waals surface area contributed by atoms with Gasteiger partial charge in [0.05, 0.1) is 33.1 Å². The molecule has 137 heavy (non-hydrogen) atoms. The topological polar surface area (TPSA) is 24.5 Å². The van der Waals surface area contributed by atoms with Gasteiger partial charge in [-0.05, 0) is 279 Å². The molecule has 646 valence electrons. The van der Waals surface area contributed by atoms with Crippen LogP contribution in [0.2, 0.25) is 0 Å². The van der Waals surface area contributed by atoms with Gasteiger partial charge in [-0.25, -0.2) is 0 Å². The Morgan fingerprint density at radius 3 is 0.818 bits per heavy atom. The first kappa shape index (κ1) is 82.3. The fourth-order valence-electron chi connectivity index (χ4n) is 20.0. The Morgan fingerprint density at radius 1 is 0.131 bits per heavy atom. The second-order valence-electron chi connectivity index (χ2n) is 34.7. The summed E-state index contributed by atoms with van der Waals surface area (Å²) in [6.45, 7) is 0. The van der Waals surface area contributed by atoms with Crippen molar-refractivity contribution in [2.75, 3.05) is 14.7 Å². The van der Waals surface area contributed by atoms with E-state index in [1.807, 2.05) is 11.3 Å². The lowest BCUT2D eigenvalue weighted by atomic mass is 10.0. The molecule has 26 aromatic rings. The van der Waals surface area contributed by atoms with Crippen molar-refractivity contribution in [2.45, 2.75) is 0 Å². The van der Waals surface area contributed by atoms with Crippen molar-refractivity contribution >= 4 is 159 Å². The summed E-state index contributed by atoms with van der Waals surface area (Å²) >= 11 is 1.86. The number of aromatic nitrogens is 3. The summed E-state index contributed by atoms with van der Waals surface area (Å²) in [4.78, 5) is 6.94. The Morgan fingerprint density at radius 2 is 0.394 bits per heavy atom. The molecule has 0 unspecified atom stereocenters. The van der Waals surface area contributed by atoms with E-state index < -0.39 is 0 Å². The van der Waals surface area contributed by atoms with Crippen LogP contribution in [0.5, 0.6) is 0 Å². The number of fused-ring (bicyclic) bond motifs is 13. The maximum atomic E-state index is 2.39. The third kappa shape index (κ3) is 15.9. The Kier molecular flexibility index (Phi) is 21.8.